The van der Waals surface area contributed by atoms with Crippen molar-refractivity contribution in [2.75, 3.05) is 0 Å². The number of sulfonamides is 1. The number of aromatic nitrogens is 2. The highest BCUT2D eigenvalue weighted by Crippen LogP contribution is 2.54. The lowest BCUT2D eigenvalue weighted by molar-refractivity contribution is 0.213. The third-order valence-corrected chi connectivity index (χ3v) is 7.44. The van der Waals surface area contributed by atoms with Crippen LogP contribution in [0.4, 0.5) is 0 Å². The molecule has 6 nitrogen and oxygen atoms in total. The Kier molecular flexibility index (Phi) is 4.05. The summed E-state index contributed by atoms with van der Waals surface area (Å²) < 4.78 is 34.9. The van der Waals surface area contributed by atoms with Gasteiger partial charge in [0.2, 0.25) is 21.8 Å². The monoisotopic (exact) mass is 425 g/mol. The first kappa shape index (κ1) is 17.2. The Hall–Kier alpha value is -1.25. The molecule has 2 aliphatic rings. The van der Waals surface area contributed by atoms with Crippen LogP contribution in [0.3, 0.4) is 0 Å². The lowest BCUT2D eigenvalue weighted by atomic mass is 10.2. The van der Waals surface area contributed by atoms with Crippen LogP contribution in [0, 0.1) is 0 Å². The van der Waals surface area contributed by atoms with Gasteiger partial charge >= 0.3 is 0 Å². The molecule has 2 aromatic rings. The Morgan fingerprint density at radius 2 is 1.84 bits per heavy atom. The molecular weight excluding hydrogens is 406 g/mol. The number of hydrogen-bond donors (Lipinski definition) is 0. The number of halogens is 1. The van der Waals surface area contributed by atoms with Gasteiger partial charge < -0.3 is 4.42 Å². The van der Waals surface area contributed by atoms with E-state index >= 15 is 0 Å². The van der Waals surface area contributed by atoms with E-state index in [1.54, 1.807) is 28.6 Å². The molecule has 0 saturated heterocycles. The van der Waals surface area contributed by atoms with Crippen molar-refractivity contribution in [3.8, 4) is 0 Å². The topological polar surface area (TPSA) is 76.3 Å². The molecule has 25 heavy (non-hydrogen) atoms. The highest BCUT2D eigenvalue weighted by atomic mass is 79.9. The second-order valence-corrected chi connectivity index (χ2v) is 9.83. The molecule has 1 aromatic carbocycles. The SMILES string of the molecule is CC(C)N(C1(c2nnc(C3CC3)o2)CC1)S(=O)(=O)c1ccc(Br)cc1. The summed E-state index contributed by atoms with van der Waals surface area (Å²) in [6, 6.07) is 6.50. The fourth-order valence-electron chi connectivity index (χ4n) is 3.29. The fraction of sp³-hybridized carbons (Fsp3) is 0.529. The van der Waals surface area contributed by atoms with Gasteiger partial charge in [0.25, 0.3) is 0 Å². The van der Waals surface area contributed by atoms with Crippen LogP contribution >= 0.6 is 15.9 Å². The first-order chi connectivity index (χ1) is 11.8. The van der Waals surface area contributed by atoms with E-state index in [-0.39, 0.29) is 10.9 Å². The average molecular weight is 426 g/mol. The van der Waals surface area contributed by atoms with Crippen LogP contribution < -0.4 is 0 Å². The van der Waals surface area contributed by atoms with Crippen LogP contribution in [0.1, 0.15) is 57.2 Å². The lowest BCUT2D eigenvalue weighted by Gasteiger charge is -2.32. The van der Waals surface area contributed by atoms with Gasteiger partial charge in [-0.15, -0.1) is 10.2 Å². The minimum atomic E-state index is -3.67. The first-order valence-corrected chi connectivity index (χ1v) is 10.7. The van der Waals surface area contributed by atoms with Crippen molar-refractivity contribution in [1.29, 1.82) is 0 Å². The molecule has 0 N–H and O–H groups in total. The minimum absolute atomic E-state index is 0.215. The summed E-state index contributed by atoms with van der Waals surface area (Å²) >= 11 is 3.35. The number of rotatable bonds is 6. The second-order valence-electron chi connectivity index (χ2n) is 7.10. The van der Waals surface area contributed by atoms with Gasteiger partial charge in [0.15, 0.2) is 0 Å². The predicted molar refractivity (Wildman–Crippen MR) is 95.5 cm³/mol. The van der Waals surface area contributed by atoms with Crippen LogP contribution in [0.5, 0.6) is 0 Å². The van der Waals surface area contributed by atoms with Gasteiger partial charge in [-0.3, -0.25) is 0 Å². The molecule has 0 amide bonds. The molecule has 0 atom stereocenters. The van der Waals surface area contributed by atoms with Gasteiger partial charge in [-0.25, -0.2) is 8.42 Å². The minimum Gasteiger partial charge on any atom is -0.423 e. The maximum absolute atomic E-state index is 13.3. The van der Waals surface area contributed by atoms with Crippen molar-refractivity contribution >= 4 is 26.0 Å². The van der Waals surface area contributed by atoms with E-state index in [2.05, 4.69) is 26.1 Å². The largest absolute Gasteiger partial charge is 0.423 e. The van der Waals surface area contributed by atoms with E-state index < -0.39 is 15.6 Å². The molecule has 2 saturated carbocycles. The molecule has 2 aliphatic carbocycles. The highest BCUT2D eigenvalue weighted by Gasteiger charge is 2.59. The Bertz CT molecular complexity index is 884. The van der Waals surface area contributed by atoms with Crippen molar-refractivity contribution < 1.29 is 12.8 Å². The Labute approximate surface area is 155 Å². The summed E-state index contributed by atoms with van der Waals surface area (Å²) in [6.07, 6.45) is 3.54. The van der Waals surface area contributed by atoms with Gasteiger partial charge in [-0.2, -0.15) is 4.31 Å². The van der Waals surface area contributed by atoms with Crippen molar-refractivity contribution in [3.05, 3.63) is 40.5 Å². The van der Waals surface area contributed by atoms with E-state index in [4.69, 9.17) is 4.42 Å². The third kappa shape index (κ3) is 2.94. The van der Waals surface area contributed by atoms with Crippen LogP contribution in [0.25, 0.3) is 0 Å². The van der Waals surface area contributed by atoms with Crippen molar-refractivity contribution in [2.45, 2.75) is 61.9 Å². The Morgan fingerprint density at radius 3 is 2.36 bits per heavy atom. The van der Waals surface area contributed by atoms with Crippen LogP contribution in [-0.2, 0) is 15.6 Å². The predicted octanol–water partition coefficient (Wildman–Crippen LogP) is 3.80. The molecule has 8 heteroatoms. The number of benzene rings is 1. The molecule has 4 rings (SSSR count). The van der Waals surface area contributed by atoms with Crippen molar-refractivity contribution in [2.24, 2.45) is 0 Å². The lowest BCUT2D eigenvalue weighted by Crippen LogP contribution is -2.45. The van der Waals surface area contributed by atoms with Gasteiger partial charge in [0.1, 0.15) is 5.54 Å². The molecule has 0 bridgehead atoms. The molecule has 0 unspecified atom stereocenters. The van der Waals surface area contributed by atoms with Crippen molar-refractivity contribution in [1.82, 2.24) is 14.5 Å². The third-order valence-electron chi connectivity index (χ3n) is 4.75. The molecule has 0 radical (unpaired) electrons. The Balaban J connectivity index is 1.74. The summed E-state index contributed by atoms with van der Waals surface area (Å²) in [4.78, 5) is 0.276. The fourth-order valence-corrected chi connectivity index (χ4v) is 5.53. The quantitative estimate of drug-likeness (QED) is 0.703. The highest BCUT2D eigenvalue weighted by molar-refractivity contribution is 9.10. The standard InChI is InChI=1S/C17H20BrN3O3S/c1-11(2)21(25(22,23)14-7-5-13(18)6-8-14)17(9-10-17)16-20-19-15(24-16)12-3-4-12/h5-8,11-12H,3-4,9-10H2,1-2H3. The molecule has 2 fully saturated rings. The Morgan fingerprint density at radius 1 is 1.20 bits per heavy atom. The summed E-state index contributed by atoms with van der Waals surface area (Å²) in [6.45, 7) is 3.77. The number of nitrogens with zero attached hydrogens (tertiary/aromatic N) is 3. The molecule has 134 valence electrons. The van der Waals surface area contributed by atoms with E-state index in [0.717, 1.165) is 17.3 Å². The molecule has 1 heterocycles. The normalized spacial score (nSPS) is 19.6. The average Bonchev–Trinajstić information content (AvgIpc) is 3.48. The zero-order valence-electron chi connectivity index (χ0n) is 14.1. The van der Waals surface area contributed by atoms with E-state index in [0.29, 0.717) is 30.5 Å². The van der Waals surface area contributed by atoms with E-state index in [1.165, 1.54) is 0 Å². The van der Waals surface area contributed by atoms with Gasteiger partial charge in [-0.05, 0) is 63.8 Å². The first-order valence-electron chi connectivity index (χ1n) is 8.48. The zero-order chi connectivity index (χ0) is 17.8. The summed E-state index contributed by atoms with van der Waals surface area (Å²) in [7, 11) is -3.67. The molecular formula is C17H20BrN3O3S. The summed E-state index contributed by atoms with van der Waals surface area (Å²) in [5.74, 6) is 1.43. The van der Waals surface area contributed by atoms with Gasteiger partial charge in [-0.1, -0.05) is 15.9 Å². The van der Waals surface area contributed by atoms with E-state index in [1.807, 2.05) is 13.8 Å². The van der Waals surface area contributed by atoms with Crippen LogP contribution in [0.2, 0.25) is 0 Å². The zero-order valence-corrected chi connectivity index (χ0v) is 16.5. The van der Waals surface area contributed by atoms with E-state index in [9.17, 15) is 8.42 Å². The molecule has 1 aromatic heterocycles. The molecule has 0 spiro atoms. The van der Waals surface area contributed by atoms with Crippen LogP contribution in [0.15, 0.2) is 38.1 Å². The smallest absolute Gasteiger partial charge is 0.244 e. The summed E-state index contributed by atoms with van der Waals surface area (Å²) in [5.41, 5.74) is -0.708. The maximum atomic E-state index is 13.3. The summed E-state index contributed by atoms with van der Waals surface area (Å²) in [5, 5.41) is 8.35. The van der Waals surface area contributed by atoms with Gasteiger partial charge in [0.05, 0.1) is 4.90 Å². The van der Waals surface area contributed by atoms with Crippen LogP contribution in [-0.4, -0.2) is 29.0 Å². The molecule has 0 aliphatic heterocycles. The maximum Gasteiger partial charge on any atom is 0.244 e. The second kappa shape index (κ2) is 5.89. The van der Waals surface area contributed by atoms with Gasteiger partial charge in [0, 0.05) is 16.4 Å². The number of hydrogen-bond acceptors (Lipinski definition) is 5. The van der Waals surface area contributed by atoms with Crippen molar-refractivity contribution in [3.63, 3.8) is 0 Å².